The molecule has 0 fully saturated rings. The second-order valence-electron chi connectivity index (χ2n) is 9.64. The van der Waals surface area contributed by atoms with Crippen molar-refractivity contribution in [1.29, 1.82) is 0 Å². The van der Waals surface area contributed by atoms with Gasteiger partial charge in [-0.2, -0.15) is 8.42 Å². The van der Waals surface area contributed by atoms with Crippen molar-refractivity contribution < 1.29 is 63.0 Å². The van der Waals surface area contributed by atoms with E-state index in [-0.39, 0.29) is 55.3 Å². The fourth-order valence-corrected chi connectivity index (χ4v) is 4.32. The predicted octanol–water partition coefficient (Wildman–Crippen LogP) is 5.08. The van der Waals surface area contributed by atoms with Crippen molar-refractivity contribution in [1.82, 2.24) is 0 Å². The van der Waals surface area contributed by atoms with Gasteiger partial charge in [-0.1, -0.05) is 114 Å². The molecular weight excluding hydrogens is 539 g/mol. The van der Waals surface area contributed by atoms with Crippen LogP contribution in [0.2, 0.25) is 0 Å². The van der Waals surface area contributed by atoms with E-state index in [0.717, 1.165) is 69.9 Å². The van der Waals surface area contributed by atoms with Gasteiger partial charge < -0.3 is 10.9 Å². The Bertz CT molecular complexity index is 1080. The van der Waals surface area contributed by atoms with Crippen molar-refractivity contribution in [3.05, 3.63) is 65.2 Å². The van der Waals surface area contributed by atoms with Crippen LogP contribution < -0.4 is 29.6 Å². The number of ether oxygens (including phenoxy) is 2. The quantitative estimate of drug-likeness (QED) is 0.119. The van der Waals surface area contributed by atoms with Crippen molar-refractivity contribution >= 4 is 22.1 Å². The second-order valence-corrected chi connectivity index (χ2v) is 11.1. The van der Waals surface area contributed by atoms with Crippen LogP contribution in [0.5, 0.6) is 0 Å². The molecule has 40 heavy (non-hydrogen) atoms. The first-order chi connectivity index (χ1) is 18.7. The van der Waals surface area contributed by atoms with Gasteiger partial charge in [0.25, 0.3) is 10.1 Å². The number of rotatable bonds is 17. The third-order valence-electron chi connectivity index (χ3n) is 6.13. The van der Waals surface area contributed by atoms with E-state index < -0.39 is 27.0 Å². The average Bonchev–Trinajstić information content (AvgIpc) is 2.91. The molecule has 2 aromatic carbocycles. The van der Waals surface area contributed by atoms with Crippen molar-refractivity contribution in [3.63, 3.8) is 0 Å². The van der Waals surface area contributed by atoms with E-state index in [9.17, 15) is 22.6 Å². The molecule has 0 aliphatic heterocycles. The van der Waals surface area contributed by atoms with E-state index >= 15 is 0 Å². The van der Waals surface area contributed by atoms with Crippen LogP contribution in [0.15, 0.2) is 53.4 Å². The van der Waals surface area contributed by atoms with Gasteiger partial charge in [0.2, 0.25) is 0 Å². The number of hydrogen-bond acceptors (Lipinski definition) is 6. The molecule has 0 heterocycles. The van der Waals surface area contributed by atoms with Crippen molar-refractivity contribution in [2.45, 2.75) is 103 Å². The van der Waals surface area contributed by atoms with Gasteiger partial charge >= 0.3 is 41.5 Å². The molecule has 0 saturated carbocycles. The maximum absolute atomic E-state index is 12.6. The number of aryl methyl sites for hydroxylation is 1. The molecular formula is C31H47NaO7S. The van der Waals surface area contributed by atoms with Crippen LogP contribution in [-0.2, 0) is 19.6 Å². The summed E-state index contributed by atoms with van der Waals surface area (Å²) in [6.07, 6.45) is 12.4. The minimum Gasteiger partial charge on any atom is -1.00 e. The fraction of sp³-hybridized carbons (Fsp3) is 0.548. The third kappa shape index (κ3) is 17.2. The van der Waals surface area contributed by atoms with Gasteiger partial charge in [-0.25, -0.2) is 9.59 Å². The van der Waals surface area contributed by atoms with Gasteiger partial charge in [0.15, 0.2) is 0 Å². The molecule has 220 valence electrons. The molecule has 0 unspecified atom stereocenters. The summed E-state index contributed by atoms with van der Waals surface area (Å²) in [4.78, 5) is 24.6. The molecule has 0 amide bonds. The molecule has 0 spiro atoms. The van der Waals surface area contributed by atoms with Gasteiger partial charge in [0.1, 0.15) is 0 Å². The molecule has 0 aliphatic carbocycles. The fourth-order valence-electron chi connectivity index (χ4n) is 3.82. The van der Waals surface area contributed by atoms with Gasteiger partial charge in [0, 0.05) is 0 Å². The minimum atomic E-state index is -4.53. The van der Waals surface area contributed by atoms with E-state index in [1.165, 1.54) is 24.5 Å². The summed E-state index contributed by atoms with van der Waals surface area (Å²) in [5.74, 6) is -1.53. The van der Waals surface area contributed by atoms with Gasteiger partial charge in [-0.05, 0) is 38.0 Å². The molecule has 9 heteroatoms. The number of carbonyl (C=O) groups excluding carboxylic acids is 2. The van der Waals surface area contributed by atoms with Crippen LogP contribution in [0.3, 0.4) is 0 Å². The first-order valence-electron chi connectivity index (χ1n) is 14.2. The smallest absolute Gasteiger partial charge is 1.00 e. The van der Waals surface area contributed by atoms with Crippen molar-refractivity contribution in [2.24, 2.45) is 0 Å². The summed E-state index contributed by atoms with van der Waals surface area (Å²) in [7, 11) is -4.53. The Labute approximate surface area is 265 Å². The monoisotopic (exact) mass is 586 g/mol. The van der Waals surface area contributed by atoms with Gasteiger partial charge in [-0.15, -0.1) is 0 Å². The Kier molecular flexibility index (Phi) is 21.9. The molecule has 0 aromatic heterocycles. The molecule has 0 aliphatic rings. The number of carbonyl (C=O) groups is 2. The third-order valence-corrected chi connectivity index (χ3v) is 6.98. The molecule has 2 aromatic rings. The standard InChI is InChI=1S/C24H38O7S.C7H8.Na.H/c1-3-5-7-9-11-13-17-30-23(25)21-16-15-20(32(27,28)29)19-22(21)24(26)31-18-14-12-10-8-6-4-2;1-7-5-3-2-4-6-7;;/h15-16,19H,3-14,17-18H2,1-2H3,(H,27,28,29);2-6H,1H3;;/q;;+1;-1. The number of benzene rings is 2. The minimum absolute atomic E-state index is 0. The number of hydrogen-bond donors (Lipinski definition) is 1. The number of unbranched alkanes of at least 4 members (excludes halogenated alkanes) is 10. The maximum atomic E-state index is 12.6. The summed E-state index contributed by atoms with van der Waals surface area (Å²) < 4.78 is 42.8. The summed E-state index contributed by atoms with van der Waals surface area (Å²) in [6.45, 7) is 6.76. The SMILES string of the molecule is CCCCCCCCOC(=O)c1ccc(S(=O)(=O)O)cc1C(=O)OCCCCCCCC.Cc1ccccc1.[H-].[Na+]. The van der Waals surface area contributed by atoms with Gasteiger partial charge in [-0.3, -0.25) is 4.55 Å². The summed E-state index contributed by atoms with van der Waals surface area (Å²) in [5, 5.41) is 0. The average molecular weight is 587 g/mol. The molecule has 0 atom stereocenters. The molecule has 0 saturated heterocycles. The zero-order chi connectivity index (χ0) is 28.9. The molecule has 0 bridgehead atoms. The van der Waals surface area contributed by atoms with Gasteiger partial charge in [0.05, 0.1) is 29.2 Å². The Hall–Kier alpha value is -1.71. The normalized spacial score (nSPS) is 10.6. The zero-order valence-electron chi connectivity index (χ0n) is 25.8. The Morgan fingerprint density at radius 1 is 0.700 bits per heavy atom. The Balaban J connectivity index is 0. The van der Waals surface area contributed by atoms with E-state index in [0.29, 0.717) is 6.42 Å². The van der Waals surface area contributed by atoms with E-state index in [1.54, 1.807) is 0 Å². The van der Waals surface area contributed by atoms with Crippen LogP contribution >= 0.6 is 0 Å². The predicted molar refractivity (Wildman–Crippen MR) is 156 cm³/mol. The molecule has 2 rings (SSSR count). The largest absolute Gasteiger partial charge is 1.00 e. The molecule has 1 N–H and O–H groups in total. The van der Waals surface area contributed by atoms with Crippen molar-refractivity contribution in [3.8, 4) is 0 Å². The summed E-state index contributed by atoms with van der Waals surface area (Å²) >= 11 is 0. The van der Waals surface area contributed by atoms with Crippen molar-refractivity contribution in [2.75, 3.05) is 13.2 Å². The summed E-state index contributed by atoms with van der Waals surface area (Å²) in [5.41, 5.74) is 1.03. The summed E-state index contributed by atoms with van der Waals surface area (Å²) in [6, 6.07) is 13.5. The zero-order valence-corrected chi connectivity index (χ0v) is 27.6. The van der Waals surface area contributed by atoms with E-state index in [2.05, 4.69) is 32.9 Å². The molecule has 7 nitrogen and oxygen atoms in total. The Morgan fingerprint density at radius 2 is 1.15 bits per heavy atom. The van der Waals surface area contributed by atoms with Crippen LogP contribution in [0, 0.1) is 6.92 Å². The first kappa shape index (κ1) is 38.3. The maximum Gasteiger partial charge on any atom is 1.00 e. The van der Waals surface area contributed by atoms with E-state index in [1.807, 2.05) is 18.2 Å². The Morgan fingerprint density at radius 3 is 1.57 bits per heavy atom. The molecule has 0 radical (unpaired) electrons. The topological polar surface area (TPSA) is 107 Å². The first-order valence-corrected chi connectivity index (χ1v) is 15.6. The van der Waals surface area contributed by atoms with Crippen LogP contribution in [0.25, 0.3) is 0 Å². The van der Waals surface area contributed by atoms with Crippen LogP contribution in [-0.4, -0.2) is 38.1 Å². The number of esters is 2. The second kappa shape index (κ2) is 22.9. The van der Waals surface area contributed by atoms with E-state index in [4.69, 9.17) is 9.47 Å². The van der Waals surface area contributed by atoms with Crippen LogP contribution in [0.4, 0.5) is 0 Å². The van der Waals surface area contributed by atoms with Crippen LogP contribution in [0.1, 0.15) is 119 Å².